The number of carbonyl (C=O) groups is 7. The maximum absolute atomic E-state index is 12.7. The lowest BCUT2D eigenvalue weighted by molar-refractivity contribution is -0.144. The first-order chi connectivity index (χ1) is 32.0. The number of hydrogen-bond donors (Lipinski definition) is 6. The summed E-state index contributed by atoms with van der Waals surface area (Å²) in [6.45, 7) is 13.7. The molecule has 2 atom stereocenters. The summed E-state index contributed by atoms with van der Waals surface area (Å²) >= 11 is 0. The van der Waals surface area contributed by atoms with Gasteiger partial charge < -0.3 is 50.4 Å². The number of carboxylic acid groups (broad SMARTS) is 2. The molecule has 0 aliphatic rings. The van der Waals surface area contributed by atoms with Gasteiger partial charge in [-0.1, -0.05) is 98.8 Å². The van der Waals surface area contributed by atoms with E-state index in [0.29, 0.717) is 45.8 Å². The van der Waals surface area contributed by atoms with Gasteiger partial charge in [0.1, 0.15) is 11.6 Å². The third-order valence-electron chi connectivity index (χ3n) is 10.8. The van der Waals surface area contributed by atoms with Crippen LogP contribution in [0.2, 0.25) is 0 Å². The predicted octanol–water partition coefficient (Wildman–Crippen LogP) is 6.71. The molecular weight excluding hydrogens is 865 g/mol. The second kappa shape index (κ2) is 42.6. The molecule has 0 aliphatic carbocycles. The standard InChI is InChI=1S/C50H92N4O13/c1-40(2)54-43(44(56)39-50(3,4)5)21-18-19-27-51-46(58)25-30-64-34-37-67-33-29-53-47(59)26-31-65-35-36-66-32-28-52-45(57)24-23-41(49(62)63)38-42(55)20-16-14-12-10-8-6-7-9-11-13-15-17-22-48(60)61/h40-41,43,54H,6-39H2,1-5H3,(H,51,58)(H,52,57)(H,53,59)(H,60,61)(H,62,63). The van der Waals surface area contributed by atoms with Gasteiger partial charge in [-0.15, -0.1) is 0 Å². The minimum absolute atomic E-state index is 0.00648. The van der Waals surface area contributed by atoms with Crippen molar-refractivity contribution < 1.29 is 62.7 Å². The van der Waals surface area contributed by atoms with Gasteiger partial charge in [0.15, 0.2) is 0 Å². The maximum atomic E-state index is 12.7. The lowest BCUT2D eigenvalue weighted by Gasteiger charge is -2.24. The minimum atomic E-state index is -1.07. The number of rotatable bonds is 48. The average molecular weight is 957 g/mol. The van der Waals surface area contributed by atoms with E-state index in [1.54, 1.807) is 0 Å². The zero-order chi connectivity index (χ0) is 50.0. The summed E-state index contributed by atoms with van der Waals surface area (Å²) in [5.41, 5.74) is -0.0481. The lowest BCUT2D eigenvalue weighted by Crippen LogP contribution is -2.42. The highest BCUT2D eigenvalue weighted by atomic mass is 16.5. The summed E-state index contributed by atoms with van der Waals surface area (Å²) in [5.74, 6) is -3.08. The van der Waals surface area contributed by atoms with Crippen LogP contribution in [-0.4, -0.2) is 136 Å². The van der Waals surface area contributed by atoms with E-state index in [1.807, 2.05) is 13.8 Å². The van der Waals surface area contributed by atoms with Gasteiger partial charge in [0.2, 0.25) is 17.7 Å². The molecule has 0 saturated heterocycles. The molecule has 0 aromatic heterocycles. The maximum Gasteiger partial charge on any atom is 0.306 e. The van der Waals surface area contributed by atoms with E-state index in [9.17, 15) is 38.7 Å². The molecule has 0 aliphatic heterocycles. The lowest BCUT2D eigenvalue weighted by atomic mass is 9.86. The number of ketones is 2. The van der Waals surface area contributed by atoms with Crippen molar-refractivity contribution in [2.45, 2.75) is 194 Å². The summed E-state index contributed by atoms with van der Waals surface area (Å²) < 4.78 is 21.9. The molecule has 2 unspecified atom stereocenters. The Bertz CT molecular complexity index is 1340. The first-order valence-corrected chi connectivity index (χ1v) is 25.4. The number of amides is 3. The van der Waals surface area contributed by atoms with Gasteiger partial charge in [0, 0.05) is 70.6 Å². The van der Waals surface area contributed by atoms with Crippen LogP contribution in [-0.2, 0) is 52.5 Å². The molecule has 0 aromatic rings. The Balaban J connectivity index is 3.71. The predicted molar refractivity (Wildman–Crippen MR) is 259 cm³/mol. The number of nitrogens with one attached hydrogen (secondary N) is 4. The summed E-state index contributed by atoms with van der Waals surface area (Å²) in [7, 11) is 0. The van der Waals surface area contributed by atoms with Gasteiger partial charge in [-0.05, 0) is 43.9 Å². The Morgan fingerprint density at radius 3 is 1.36 bits per heavy atom. The minimum Gasteiger partial charge on any atom is -0.481 e. The number of hydrogen-bond acceptors (Lipinski definition) is 12. The molecule has 0 bridgehead atoms. The van der Waals surface area contributed by atoms with E-state index in [-0.39, 0.29) is 125 Å². The van der Waals surface area contributed by atoms with Crippen molar-refractivity contribution in [3.8, 4) is 0 Å². The molecule has 17 nitrogen and oxygen atoms in total. The molecule has 0 radical (unpaired) electrons. The molecule has 0 aromatic carbocycles. The van der Waals surface area contributed by atoms with Gasteiger partial charge in [-0.3, -0.25) is 33.6 Å². The van der Waals surface area contributed by atoms with Crippen molar-refractivity contribution >= 4 is 41.2 Å². The van der Waals surface area contributed by atoms with Crippen LogP contribution in [0.5, 0.6) is 0 Å². The zero-order valence-corrected chi connectivity index (χ0v) is 42.2. The fourth-order valence-electron chi connectivity index (χ4n) is 7.21. The highest BCUT2D eigenvalue weighted by Gasteiger charge is 2.24. The first-order valence-electron chi connectivity index (χ1n) is 25.4. The average Bonchev–Trinajstić information content (AvgIpc) is 3.25. The summed E-state index contributed by atoms with van der Waals surface area (Å²) in [6.07, 6.45) is 16.6. The molecule has 0 rings (SSSR count). The Morgan fingerprint density at radius 1 is 0.478 bits per heavy atom. The Hall–Kier alpha value is -3.51. The topological polar surface area (TPSA) is 245 Å². The van der Waals surface area contributed by atoms with E-state index in [2.05, 4.69) is 42.0 Å². The van der Waals surface area contributed by atoms with Crippen molar-refractivity contribution in [1.82, 2.24) is 21.3 Å². The number of unbranched alkanes of at least 4 members (excludes halogenated alkanes) is 12. The third-order valence-corrected chi connectivity index (χ3v) is 10.8. The normalized spacial score (nSPS) is 12.4. The summed E-state index contributed by atoms with van der Waals surface area (Å²) in [4.78, 5) is 83.8. The van der Waals surface area contributed by atoms with Crippen LogP contribution >= 0.6 is 0 Å². The third kappa shape index (κ3) is 44.7. The Morgan fingerprint density at radius 2 is 0.910 bits per heavy atom. The van der Waals surface area contributed by atoms with Crippen molar-refractivity contribution in [2.75, 3.05) is 72.5 Å². The van der Waals surface area contributed by atoms with E-state index < -0.39 is 17.9 Å². The summed E-state index contributed by atoms with van der Waals surface area (Å²) in [6, 6.07) is 0.0604. The molecule has 0 saturated carbocycles. The fourth-order valence-corrected chi connectivity index (χ4v) is 7.21. The fraction of sp³-hybridized carbons (Fsp3) is 0.860. The molecular formula is C50H92N4O13. The number of carbonyl (C=O) groups excluding carboxylic acids is 5. The number of Topliss-reactive ketones (excluding diaryl/α,β-unsaturated/α-hetero) is 2. The van der Waals surface area contributed by atoms with Crippen LogP contribution in [0.15, 0.2) is 0 Å². The van der Waals surface area contributed by atoms with Crippen LogP contribution < -0.4 is 21.3 Å². The van der Waals surface area contributed by atoms with E-state index in [4.69, 9.17) is 24.1 Å². The van der Waals surface area contributed by atoms with Gasteiger partial charge in [0.05, 0.1) is 64.8 Å². The van der Waals surface area contributed by atoms with Crippen LogP contribution in [0.4, 0.5) is 0 Å². The second-order valence-electron chi connectivity index (χ2n) is 19.0. The molecule has 17 heteroatoms. The zero-order valence-electron chi connectivity index (χ0n) is 42.2. The highest BCUT2D eigenvalue weighted by molar-refractivity contribution is 5.85. The summed E-state index contributed by atoms with van der Waals surface area (Å²) in [5, 5.41) is 30.0. The number of aliphatic carboxylic acids is 2. The van der Waals surface area contributed by atoms with Crippen LogP contribution in [0, 0.1) is 11.3 Å². The van der Waals surface area contributed by atoms with Crippen molar-refractivity contribution in [1.29, 1.82) is 0 Å². The quantitative estimate of drug-likeness (QED) is 0.0348. The second-order valence-corrected chi connectivity index (χ2v) is 19.0. The highest BCUT2D eigenvalue weighted by Crippen LogP contribution is 2.21. The molecule has 0 spiro atoms. The van der Waals surface area contributed by atoms with Crippen molar-refractivity contribution in [3.63, 3.8) is 0 Å². The molecule has 0 fully saturated rings. The van der Waals surface area contributed by atoms with Gasteiger partial charge in [0.25, 0.3) is 0 Å². The molecule has 3 amide bonds. The number of carboxylic acids is 2. The van der Waals surface area contributed by atoms with Crippen LogP contribution in [0.1, 0.15) is 182 Å². The van der Waals surface area contributed by atoms with Gasteiger partial charge in [-0.2, -0.15) is 0 Å². The monoisotopic (exact) mass is 957 g/mol. The molecule has 6 N–H and O–H groups in total. The smallest absolute Gasteiger partial charge is 0.306 e. The van der Waals surface area contributed by atoms with Gasteiger partial charge >= 0.3 is 11.9 Å². The SMILES string of the molecule is CC(C)NC(CCCCNC(=O)CCOCCOCCNC(=O)CCOCCOCCNC(=O)CCC(CC(=O)CCCCCCCCCCCCCCC(=O)O)C(=O)O)C(=O)CC(C)(C)C. The van der Waals surface area contributed by atoms with Crippen molar-refractivity contribution in [3.05, 3.63) is 0 Å². The van der Waals surface area contributed by atoms with Crippen molar-refractivity contribution in [2.24, 2.45) is 11.3 Å². The molecule has 390 valence electrons. The van der Waals surface area contributed by atoms with E-state index in [1.165, 1.54) is 19.3 Å². The van der Waals surface area contributed by atoms with Gasteiger partial charge in [-0.25, -0.2) is 0 Å². The van der Waals surface area contributed by atoms with E-state index in [0.717, 1.165) is 77.0 Å². The first kappa shape index (κ1) is 63.5. The Kier molecular flexibility index (Phi) is 40.4. The van der Waals surface area contributed by atoms with E-state index >= 15 is 0 Å². The van der Waals surface area contributed by atoms with Crippen LogP contribution in [0.25, 0.3) is 0 Å². The largest absolute Gasteiger partial charge is 0.481 e. The molecule has 67 heavy (non-hydrogen) atoms. The van der Waals surface area contributed by atoms with Crippen LogP contribution in [0.3, 0.4) is 0 Å². The Labute approximate surface area is 402 Å². The number of ether oxygens (including phenoxy) is 4. The molecule has 0 heterocycles.